The van der Waals surface area contributed by atoms with Crippen LogP contribution in [-0.4, -0.2) is 33.5 Å². The number of nitrogens with two attached hydrogens (primary N) is 1. The molecule has 3 N–H and O–H groups in total. The maximum Gasteiger partial charge on any atom is 0.250 e. The Hall–Kier alpha value is -3.36. The summed E-state index contributed by atoms with van der Waals surface area (Å²) in [6, 6.07) is 15.6. The van der Waals surface area contributed by atoms with Gasteiger partial charge < -0.3 is 15.8 Å². The highest BCUT2D eigenvalue weighted by Crippen LogP contribution is 2.34. The molecule has 0 spiro atoms. The molecule has 5 rings (SSSR count). The number of anilines is 1. The topological polar surface area (TPSA) is 103 Å². The maximum atomic E-state index is 11.8. The smallest absolute Gasteiger partial charge is 0.250 e. The lowest BCUT2D eigenvalue weighted by molar-refractivity contribution is 0.100. The lowest BCUT2D eigenvalue weighted by Crippen LogP contribution is -2.11. The summed E-state index contributed by atoms with van der Waals surface area (Å²) in [7, 11) is 0. The van der Waals surface area contributed by atoms with Crippen LogP contribution in [0.25, 0.3) is 21.6 Å². The molecule has 0 saturated heterocycles. The zero-order valence-corrected chi connectivity index (χ0v) is 17.6. The van der Waals surface area contributed by atoms with Crippen LogP contribution in [0, 0.1) is 0 Å². The highest BCUT2D eigenvalue weighted by molar-refractivity contribution is 7.11. The molecule has 3 heterocycles. The summed E-state index contributed by atoms with van der Waals surface area (Å²) < 4.78 is 10.2. The van der Waals surface area contributed by atoms with E-state index >= 15 is 0 Å². The number of benzene rings is 2. The predicted molar refractivity (Wildman–Crippen MR) is 121 cm³/mol. The van der Waals surface area contributed by atoms with Crippen molar-refractivity contribution in [2.75, 3.05) is 18.5 Å². The summed E-state index contributed by atoms with van der Waals surface area (Å²) in [6.07, 6.45) is 1.50. The normalized spacial score (nSPS) is 13.5. The molecule has 0 aliphatic carbocycles. The van der Waals surface area contributed by atoms with Crippen molar-refractivity contribution in [3.8, 4) is 10.7 Å². The van der Waals surface area contributed by atoms with Crippen LogP contribution in [-0.2, 0) is 24.1 Å². The van der Waals surface area contributed by atoms with Crippen molar-refractivity contribution in [1.82, 2.24) is 14.3 Å². The standard InChI is InChI=1S/C23H21N5O2S/c24-21(29)17-8-4-7-16-19(17)28-31-20(16)23-26-18-10-12-30-11-9-15(18)22(27-23)25-13-14-5-2-1-3-6-14/h1-8H,9-13H2,(H2,24,29)(H,25,26,27). The zero-order valence-electron chi connectivity index (χ0n) is 16.8. The number of nitrogens with zero attached hydrogens (tertiary/aromatic N) is 3. The minimum atomic E-state index is -0.493. The molecule has 0 bridgehead atoms. The van der Waals surface area contributed by atoms with E-state index in [2.05, 4.69) is 21.8 Å². The minimum Gasteiger partial charge on any atom is -0.381 e. The lowest BCUT2D eigenvalue weighted by atomic mass is 10.1. The van der Waals surface area contributed by atoms with Crippen LogP contribution in [0.1, 0.15) is 27.2 Å². The average Bonchev–Trinajstić information content (AvgIpc) is 3.08. The third kappa shape index (κ3) is 3.87. The number of hydrogen-bond donors (Lipinski definition) is 2. The van der Waals surface area contributed by atoms with E-state index in [9.17, 15) is 4.79 Å². The van der Waals surface area contributed by atoms with Crippen LogP contribution >= 0.6 is 11.5 Å². The number of ether oxygens (including phenoxy) is 1. The SMILES string of the molecule is NC(=O)c1cccc2c(-c3nc4c(c(NCc5ccccc5)n3)CCOCC4)snc12. The van der Waals surface area contributed by atoms with E-state index in [4.69, 9.17) is 20.4 Å². The van der Waals surface area contributed by atoms with Gasteiger partial charge in [-0.1, -0.05) is 42.5 Å². The van der Waals surface area contributed by atoms with Gasteiger partial charge in [-0.3, -0.25) is 4.79 Å². The van der Waals surface area contributed by atoms with Crippen LogP contribution in [0.5, 0.6) is 0 Å². The highest BCUT2D eigenvalue weighted by Gasteiger charge is 2.21. The van der Waals surface area contributed by atoms with E-state index in [1.807, 2.05) is 30.3 Å². The minimum absolute atomic E-state index is 0.408. The second-order valence-electron chi connectivity index (χ2n) is 7.35. The van der Waals surface area contributed by atoms with E-state index in [1.54, 1.807) is 6.07 Å². The maximum absolute atomic E-state index is 11.8. The van der Waals surface area contributed by atoms with Gasteiger partial charge in [0.25, 0.3) is 5.91 Å². The van der Waals surface area contributed by atoms with Gasteiger partial charge in [-0.15, -0.1) is 0 Å². The molecule has 2 aromatic carbocycles. The van der Waals surface area contributed by atoms with Gasteiger partial charge in [0.15, 0.2) is 5.82 Å². The van der Waals surface area contributed by atoms with Crippen LogP contribution < -0.4 is 11.1 Å². The van der Waals surface area contributed by atoms with Gasteiger partial charge in [0.2, 0.25) is 0 Å². The Bertz CT molecular complexity index is 1260. The molecule has 0 fully saturated rings. The molecule has 0 saturated carbocycles. The summed E-state index contributed by atoms with van der Waals surface area (Å²) in [5.41, 5.74) is 9.80. The second-order valence-corrected chi connectivity index (χ2v) is 8.12. The number of hydrogen-bond acceptors (Lipinski definition) is 7. The van der Waals surface area contributed by atoms with Gasteiger partial charge in [-0.05, 0) is 23.2 Å². The van der Waals surface area contributed by atoms with E-state index in [-0.39, 0.29) is 0 Å². The van der Waals surface area contributed by atoms with Gasteiger partial charge in [-0.2, -0.15) is 4.37 Å². The monoisotopic (exact) mass is 431 g/mol. The third-order valence-electron chi connectivity index (χ3n) is 5.35. The van der Waals surface area contributed by atoms with Crippen LogP contribution in [0.15, 0.2) is 48.5 Å². The van der Waals surface area contributed by atoms with Crippen molar-refractivity contribution in [2.45, 2.75) is 19.4 Å². The first-order valence-electron chi connectivity index (χ1n) is 10.1. The quantitative estimate of drug-likeness (QED) is 0.501. The van der Waals surface area contributed by atoms with Gasteiger partial charge in [0, 0.05) is 30.3 Å². The van der Waals surface area contributed by atoms with Crippen molar-refractivity contribution in [3.63, 3.8) is 0 Å². The number of nitrogens with one attached hydrogen (secondary N) is 1. The summed E-state index contributed by atoms with van der Waals surface area (Å²) in [6.45, 7) is 1.96. The van der Waals surface area contributed by atoms with Crippen molar-refractivity contribution in [1.29, 1.82) is 0 Å². The van der Waals surface area contributed by atoms with Gasteiger partial charge in [-0.25, -0.2) is 9.97 Å². The number of aromatic nitrogens is 3. The Morgan fingerprint density at radius 1 is 1.06 bits per heavy atom. The fraction of sp³-hybridized carbons (Fsp3) is 0.217. The van der Waals surface area contributed by atoms with E-state index in [0.717, 1.165) is 40.2 Å². The Balaban J connectivity index is 1.59. The molecule has 8 heteroatoms. The Morgan fingerprint density at radius 2 is 1.90 bits per heavy atom. The predicted octanol–water partition coefficient (Wildman–Crippen LogP) is 3.58. The highest BCUT2D eigenvalue weighted by atomic mass is 32.1. The van der Waals surface area contributed by atoms with E-state index in [0.29, 0.717) is 36.7 Å². The van der Waals surface area contributed by atoms with E-state index in [1.165, 1.54) is 17.1 Å². The Morgan fingerprint density at radius 3 is 2.74 bits per heavy atom. The number of rotatable bonds is 5. The Kier molecular flexibility index (Phi) is 5.31. The van der Waals surface area contributed by atoms with Crippen LogP contribution in [0.4, 0.5) is 5.82 Å². The van der Waals surface area contributed by atoms with Crippen molar-refractivity contribution >= 4 is 34.2 Å². The number of amides is 1. The molecule has 7 nitrogen and oxygen atoms in total. The fourth-order valence-corrected chi connectivity index (χ4v) is 4.62. The summed E-state index contributed by atoms with van der Waals surface area (Å²) in [5.74, 6) is 0.931. The first-order valence-corrected chi connectivity index (χ1v) is 10.9. The van der Waals surface area contributed by atoms with Crippen molar-refractivity contribution in [2.24, 2.45) is 5.73 Å². The molecule has 1 aliphatic rings. The molecule has 0 atom stereocenters. The second kappa shape index (κ2) is 8.41. The largest absolute Gasteiger partial charge is 0.381 e. The molecule has 31 heavy (non-hydrogen) atoms. The van der Waals surface area contributed by atoms with Gasteiger partial charge in [0.05, 0.1) is 30.0 Å². The average molecular weight is 432 g/mol. The van der Waals surface area contributed by atoms with Crippen LogP contribution in [0.2, 0.25) is 0 Å². The molecule has 4 aromatic rings. The molecule has 156 valence electrons. The number of fused-ring (bicyclic) bond motifs is 2. The molecule has 0 radical (unpaired) electrons. The first kappa shape index (κ1) is 19.6. The molecule has 0 unspecified atom stereocenters. The number of carbonyl (C=O) groups excluding carboxylic acids is 1. The number of carbonyl (C=O) groups is 1. The molecular formula is C23H21N5O2S. The molecule has 1 aliphatic heterocycles. The lowest BCUT2D eigenvalue weighted by Gasteiger charge is -2.14. The summed E-state index contributed by atoms with van der Waals surface area (Å²) in [4.78, 5) is 22.4. The van der Waals surface area contributed by atoms with Crippen molar-refractivity contribution in [3.05, 3.63) is 70.9 Å². The van der Waals surface area contributed by atoms with Gasteiger partial charge in [0.1, 0.15) is 10.7 Å². The summed E-state index contributed by atoms with van der Waals surface area (Å²) >= 11 is 1.28. The third-order valence-corrected chi connectivity index (χ3v) is 6.21. The first-order chi connectivity index (χ1) is 15.2. The zero-order chi connectivity index (χ0) is 21.2. The number of primary amides is 1. The van der Waals surface area contributed by atoms with Gasteiger partial charge >= 0.3 is 0 Å². The van der Waals surface area contributed by atoms with Crippen molar-refractivity contribution < 1.29 is 9.53 Å². The molecule has 1 amide bonds. The van der Waals surface area contributed by atoms with E-state index < -0.39 is 5.91 Å². The molecular weight excluding hydrogens is 410 g/mol. The molecule has 2 aromatic heterocycles. The van der Waals surface area contributed by atoms with Crippen LogP contribution in [0.3, 0.4) is 0 Å². The Labute approximate surface area is 183 Å². The fourth-order valence-electron chi connectivity index (χ4n) is 3.80. The summed E-state index contributed by atoms with van der Waals surface area (Å²) in [5, 5.41) is 4.33.